The molecule has 0 spiro atoms. The van der Waals surface area contributed by atoms with Gasteiger partial charge in [-0.2, -0.15) is 0 Å². The maximum atomic E-state index is 5.23. The predicted octanol–water partition coefficient (Wildman–Crippen LogP) is 2.51. The summed E-state index contributed by atoms with van der Waals surface area (Å²) < 4.78 is 5.23. The minimum atomic E-state index is 0.231. The van der Waals surface area contributed by atoms with Crippen LogP contribution in [-0.4, -0.2) is 49.3 Å². The van der Waals surface area contributed by atoms with Crippen LogP contribution in [0.25, 0.3) is 0 Å². The zero-order chi connectivity index (χ0) is 13.8. The summed E-state index contributed by atoms with van der Waals surface area (Å²) in [5.74, 6) is 0.809. The van der Waals surface area contributed by atoms with E-state index in [1.165, 1.54) is 12.8 Å². The van der Waals surface area contributed by atoms with Crippen LogP contribution in [-0.2, 0) is 4.74 Å². The molecule has 0 aromatic rings. The molecule has 1 aliphatic carbocycles. The largest absolute Gasteiger partial charge is 0.383 e. The van der Waals surface area contributed by atoms with Crippen LogP contribution in [0.3, 0.4) is 0 Å². The van der Waals surface area contributed by atoms with Crippen molar-refractivity contribution in [3.8, 4) is 0 Å². The highest BCUT2D eigenvalue weighted by Gasteiger charge is 2.36. The molecule has 0 amide bonds. The van der Waals surface area contributed by atoms with Crippen molar-refractivity contribution in [3.63, 3.8) is 0 Å². The molecule has 2 unspecified atom stereocenters. The van der Waals surface area contributed by atoms with Crippen LogP contribution >= 0.6 is 0 Å². The monoisotopic (exact) mass is 256 g/mol. The molecule has 18 heavy (non-hydrogen) atoms. The molecule has 1 aliphatic rings. The lowest BCUT2D eigenvalue weighted by molar-refractivity contribution is 0.0168. The second-order valence-corrected chi connectivity index (χ2v) is 6.86. The lowest BCUT2D eigenvalue weighted by Gasteiger charge is -2.47. The Morgan fingerprint density at radius 2 is 1.94 bits per heavy atom. The van der Waals surface area contributed by atoms with Gasteiger partial charge in [0.2, 0.25) is 0 Å². The molecule has 3 nitrogen and oxygen atoms in total. The van der Waals surface area contributed by atoms with Crippen LogP contribution in [0.4, 0.5) is 0 Å². The molecule has 0 heterocycles. The summed E-state index contributed by atoms with van der Waals surface area (Å²) in [5.41, 5.74) is 0.231. The van der Waals surface area contributed by atoms with Crippen LogP contribution in [0.15, 0.2) is 0 Å². The van der Waals surface area contributed by atoms with E-state index >= 15 is 0 Å². The summed E-state index contributed by atoms with van der Waals surface area (Å²) in [7, 11) is 1.79. The van der Waals surface area contributed by atoms with Gasteiger partial charge < -0.3 is 10.1 Å². The summed E-state index contributed by atoms with van der Waals surface area (Å²) in [6.45, 7) is 14.4. The first-order valence-corrected chi connectivity index (χ1v) is 7.35. The first-order valence-electron chi connectivity index (χ1n) is 7.35. The van der Waals surface area contributed by atoms with E-state index in [-0.39, 0.29) is 5.54 Å². The molecule has 0 aromatic heterocycles. The van der Waals surface area contributed by atoms with E-state index in [1.807, 2.05) is 0 Å². The summed E-state index contributed by atoms with van der Waals surface area (Å²) in [4.78, 5) is 2.61. The molecule has 108 valence electrons. The van der Waals surface area contributed by atoms with Gasteiger partial charge in [0.1, 0.15) is 0 Å². The Balaban J connectivity index is 2.43. The molecule has 0 saturated heterocycles. The first-order chi connectivity index (χ1) is 8.35. The van der Waals surface area contributed by atoms with Gasteiger partial charge in [0.15, 0.2) is 0 Å². The van der Waals surface area contributed by atoms with Crippen molar-refractivity contribution in [2.75, 3.05) is 26.8 Å². The van der Waals surface area contributed by atoms with E-state index < -0.39 is 0 Å². The quantitative estimate of drug-likeness (QED) is 0.757. The summed E-state index contributed by atoms with van der Waals surface area (Å²) >= 11 is 0. The van der Waals surface area contributed by atoms with Gasteiger partial charge in [0, 0.05) is 31.3 Å². The Morgan fingerprint density at radius 1 is 1.28 bits per heavy atom. The second-order valence-electron chi connectivity index (χ2n) is 6.86. The van der Waals surface area contributed by atoms with E-state index in [0.717, 1.165) is 31.7 Å². The number of nitrogens with one attached hydrogen (secondary N) is 1. The summed E-state index contributed by atoms with van der Waals surface area (Å²) in [6.07, 6.45) is 2.71. The van der Waals surface area contributed by atoms with Crippen LogP contribution in [0.1, 0.15) is 47.5 Å². The van der Waals surface area contributed by atoms with Crippen LogP contribution < -0.4 is 5.32 Å². The van der Waals surface area contributed by atoms with Crippen molar-refractivity contribution < 1.29 is 4.74 Å². The molecule has 3 heteroatoms. The van der Waals surface area contributed by atoms with Crippen LogP contribution in [0, 0.1) is 5.92 Å². The van der Waals surface area contributed by atoms with Crippen LogP contribution in [0.2, 0.25) is 0 Å². The Morgan fingerprint density at radius 3 is 2.33 bits per heavy atom. The topological polar surface area (TPSA) is 24.5 Å². The standard InChI is InChI=1S/C15H32N2O/c1-12(2)17(9-10-18-6)14-8-7-13(14)11-16-15(3,4)5/h12-14,16H,7-11H2,1-6H3. The van der Waals surface area contributed by atoms with Crippen molar-refractivity contribution >= 4 is 0 Å². The molecule has 0 bridgehead atoms. The Labute approximate surface area is 113 Å². The van der Waals surface area contributed by atoms with Crippen molar-refractivity contribution in [3.05, 3.63) is 0 Å². The van der Waals surface area contributed by atoms with E-state index in [2.05, 4.69) is 44.8 Å². The molecule has 0 aliphatic heterocycles. The van der Waals surface area contributed by atoms with Gasteiger partial charge in [-0.3, -0.25) is 4.90 Å². The van der Waals surface area contributed by atoms with Gasteiger partial charge in [-0.25, -0.2) is 0 Å². The van der Waals surface area contributed by atoms with Crippen molar-refractivity contribution in [2.45, 2.75) is 65.1 Å². The fourth-order valence-corrected chi connectivity index (χ4v) is 2.67. The smallest absolute Gasteiger partial charge is 0.0589 e. The van der Waals surface area contributed by atoms with Crippen molar-refractivity contribution in [1.82, 2.24) is 10.2 Å². The summed E-state index contributed by atoms with van der Waals surface area (Å²) in [5, 5.41) is 3.65. The number of nitrogens with zero attached hydrogens (tertiary/aromatic N) is 1. The molecule has 1 N–H and O–H groups in total. The van der Waals surface area contributed by atoms with Gasteiger partial charge >= 0.3 is 0 Å². The lowest BCUT2D eigenvalue weighted by atomic mass is 9.77. The molecule has 0 radical (unpaired) electrons. The van der Waals surface area contributed by atoms with Crippen LogP contribution in [0.5, 0.6) is 0 Å². The summed E-state index contributed by atoms with van der Waals surface area (Å²) in [6, 6.07) is 1.36. The number of rotatable bonds is 7. The lowest BCUT2D eigenvalue weighted by Crippen LogP contribution is -2.55. The Hall–Kier alpha value is -0.120. The third kappa shape index (κ3) is 4.87. The third-order valence-corrected chi connectivity index (χ3v) is 3.91. The number of hydrogen-bond acceptors (Lipinski definition) is 3. The SMILES string of the molecule is COCCN(C(C)C)C1CCC1CNC(C)(C)C. The first kappa shape index (κ1) is 15.9. The number of ether oxygens (including phenoxy) is 1. The van der Waals surface area contributed by atoms with Gasteiger partial charge in [0.25, 0.3) is 0 Å². The molecule has 1 fully saturated rings. The minimum absolute atomic E-state index is 0.231. The van der Waals surface area contributed by atoms with Gasteiger partial charge in [0.05, 0.1) is 6.61 Å². The highest BCUT2D eigenvalue weighted by Crippen LogP contribution is 2.33. The van der Waals surface area contributed by atoms with Crippen molar-refractivity contribution in [2.24, 2.45) is 5.92 Å². The van der Waals surface area contributed by atoms with Gasteiger partial charge in [-0.15, -0.1) is 0 Å². The maximum absolute atomic E-state index is 5.23. The fraction of sp³-hybridized carbons (Fsp3) is 1.00. The normalized spacial score (nSPS) is 24.7. The van der Waals surface area contributed by atoms with E-state index in [4.69, 9.17) is 4.74 Å². The highest BCUT2D eigenvalue weighted by atomic mass is 16.5. The molecular weight excluding hydrogens is 224 g/mol. The van der Waals surface area contributed by atoms with E-state index in [1.54, 1.807) is 7.11 Å². The zero-order valence-corrected chi connectivity index (χ0v) is 13.1. The number of hydrogen-bond donors (Lipinski definition) is 1. The van der Waals surface area contributed by atoms with Crippen molar-refractivity contribution in [1.29, 1.82) is 0 Å². The van der Waals surface area contributed by atoms with E-state index in [0.29, 0.717) is 6.04 Å². The highest BCUT2D eigenvalue weighted by molar-refractivity contribution is 4.92. The average Bonchev–Trinajstić information content (AvgIpc) is 2.20. The minimum Gasteiger partial charge on any atom is -0.383 e. The average molecular weight is 256 g/mol. The fourth-order valence-electron chi connectivity index (χ4n) is 2.67. The molecular formula is C15H32N2O. The zero-order valence-electron chi connectivity index (χ0n) is 13.1. The van der Waals surface area contributed by atoms with Gasteiger partial charge in [-0.1, -0.05) is 0 Å². The molecule has 0 aromatic carbocycles. The molecule has 2 atom stereocenters. The molecule has 1 rings (SSSR count). The Bertz CT molecular complexity index is 235. The second kappa shape index (κ2) is 6.88. The maximum Gasteiger partial charge on any atom is 0.0589 e. The third-order valence-electron chi connectivity index (χ3n) is 3.91. The van der Waals surface area contributed by atoms with E-state index in [9.17, 15) is 0 Å². The van der Waals surface area contributed by atoms with Gasteiger partial charge in [-0.05, 0) is 59.9 Å². The number of methoxy groups -OCH3 is 1. The predicted molar refractivity (Wildman–Crippen MR) is 78.0 cm³/mol. The molecule has 1 saturated carbocycles. The Kier molecular flexibility index (Phi) is 6.09.